The van der Waals surface area contributed by atoms with Crippen molar-refractivity contribution in [3.05, 3.63) is 71.5 Å². The van der Waals surface area contributed by atoms with Gasteiger partial charge in [0.1, 0.15) is 11.8 Å². The Balaban J connectivity index is 0.00000274. The standard InChI is InChI=1S/C26H34N6O.ClH/c1-33-24-15-9-8-14-23(24)25(26-27-28-29-32(26)20-21-10-4-2-5-11-21)31-18-16-30(17-19-31)22-12-6-3-7-13-22;/h2,4-5,8-11,14-15,22,25H,3,6-7,12-13,16-20H2,1H3;1H. The topological polar surface area (TPSA) is 59.3 Å². The molecule has 1 saturated heterocycles. The first-order valence-electron chi connectivity index (χ1n) is 12.2. The van der Waals surface area contributed by atoms with Crippen LogP contribution in [-0.2, 0) is 6.54 Å². The predicted octanol–water partition coefficient (Wildman–Crippen LogP) is 4.19. The zero-order valence-electron chi connectivity index (χ0n) is 19.9. The fourth-order valence-corrected chi connectivity index (χ4v) is 5.47. The van der Waals surface area contributed by atoms with E-state index in [0.717, 1.165) is 49.4 Å². The second-order valence-corrected chi connectivity index (χ2v) is 9.19. The van der Waals surface area contributed by atoms with Gasteiger partial charge in [-0.3, -0.25) is 9.80 Å². The van der Waals surface area contributed by atoms with Gasteiger partial charge in [-0.15, -0.1) is 17.5 Å². The van der Waals surface area contributed by atoms with Gasteiger partial charge in [-0.05, 0) is 34.9 Å². The van der Waals surface area contributed by atoms with E-state index < -0.39 is 0 Å². The number of halogens is 1. The summed E-state index contributed by atoms with van der Waals surface area (Å²) in [4.78, 5) is 5.24. The van der Waals surface area contributed by atoms with E-state index >= 15 is 0 Å². The Morgan fingerprint density at radius 2 is 1.62 bits per heavy atom. The second-order valence-electron chi connectivity index (χ2n) is 9.19. The molecule has 0 radical (unpaired) electrons. The van der Waals surface area contributed by atoms with Crippen LogP contribution >= 0.6 is 12.4 Å². The highest BCUT2D eigenvalue weighted by Gasteiger charge is 2.34. The Morgan fingerprint density at radius 3 is 2.35 bits per heavy atom. The molecule has 2 heterocycles. The molecular formula is C26H35ClN6O. The third kappa shape index (κ3) is 5.43. The Bertz CT molecular complexity index is 1010. The molecule has 1 saturated carbocycles. The zero-order valence-corrected chi connectivity index (χ0v) is 20.7. The Labute approximate surface area is 208 Å². The molecule has 0 spiro atoms. The molecule has 182 valence electrons. The molecule has 1 aliphatic carbocycles. The summed E-state index contributed by atoms with van der Waals surface area (Å²) in [6, 6.07) is 19.4. The predicted molar refractivity (Wildman–Crippen MR) is 135 cm³/mol. The number of hydrogen-bond acceptors (Lipinski definition) is 6. The SMILES string of the molecule is COc1ccccc1C(c1nnnn1Cc1ccccc1)N1CCN(C2CCCCC2)CC1.Cl. The molecule has 7 nitrogen and oxygen atoms in total. The van der Waals surface area contributed by atoms with Crippen LogP contribution in [-0.4, -0.2) is 69.3 Å². The van der Waals surface area contributed by atoms with Crippen molar-refractivity contribution in [1.82, 2.24) is 30.0 Å². The number of ether oxygens (including phenoxy) is 1. The number of piperazine rings is 1. The van der Waals surface area contributed by atoms with E-state index in [4.69, 9.17) is 4.74 Å². The highest BCUT2D eigenvalue weighted by molar-refractivity contribution is 5.85. The van der Waals surface area contributed by atoms with E-state index in [-0.39, 0.29) is 18.4 Å². The number of para-hydroxylation sites is 1. The molecule has 8 heteroatoms. The van der Waals surface area contributed by atoms with E-state index in [1.807, 2.05) is 22.9 Å². The van der Waals surface area contributed by atoms with Crippen LogP contribution in [0.25, 0.3) is 0 Å². The van der Waals surface area contributed by atoms with Crippen LogP contribution in [0.15, 0.2) is 54.6 Å². The highest BCUT2D eigenvalue weighted by atomic mass is 35.5. The average molecular weight is 483 g/mol. The number of aromatic nitrogens is 4. The summed E-state index contributed by atoms with van der Waals surface area (Å²) in [6.45, 7) is 4.83. The molecule has 0 bridgehead atoms. The fourth-order valence-electron chi connectivity index (χ4n) is 5.47. The van der Waals surface area contributed by atoms with E-state index in [0.29, 0.717) is 6.54 Å². The highest BCUT2D eigenvalue weighted by Crippen LogP contribution is 2.35. The summed E-state index contributed by atoms with van der Waals surface area (Å²) < 4.78 is 7.72. The van der Waals surface area contributed by atoms with Gasteiger partial charge in [0.05, 0.1) is 13.7 Å². The van der Waals surface area contributed by atoms with Gasteiger partial charge in [0, 0.05) is 37.8 Å². The average Bonchev–Trinajstić information content (AvgIpc) is 3.33. The zero-order chi connectivity index (χ0) is 22.5. The van der Waals surface area contributed by atoms with Crippen molar-refractivity contribution < 1.29 is 4.74 Å². The molecule has 2 aromatic carbocycles. The maximum Gasteiger partial charge on any atom is 0.173 e. The number of nitrogens with zero attached hydrogens (tertiary/aromatic N) is 6. The second kappa shape index (κ2) is 11.8. The number of methoxy groups -OCH3 is 1. The first-order valence-corrected chi connectivity index (χ1v) is 12.2. The Morgan fingerprint density at radius 1 is 0.912 bits per heavy atom. The van der Waals surface area contributed by atoms with E-state index in [2.05, 4.69) is 61.7 Å². The lowest BCUT2D eigenvalue weighted by molar-refractivity contribution is 0.0615. The van der Waals surface area contributed by atoms with E-state index in [1.54, 1.807) is 7.11 Å². The van der Waals surface area contributed by atoms with Crippen LogP contribution in [0.3, 0.4) is 0 Å². The number of rotatable bonds is 7. The summed E-state index contributed by atoms with van der Waals surface area (Å²) in [7, 11) is 1.74. The largest absolute Gasteiger partial charge is 0.496 e. The number of hydrogen-bond donors (Lipinski definition) is 0. The van der Waals surface area contributed by atoms with Crippen molar-refractivity contribution in [2.24, 2.45) is 0 Å². The molecule has 34 heavy (non-hydrogen) atoms. The lowest BCUT2D eigenvalue weighted by atomic mass is 9.93. The van der Waals surface area contributed by atoms with Crippen molar-refractivity contribution in [2.75, 3.05) is 33.3 Å². The third-order valence-corrected chi connectivity index (χ3v) is 7.22. The first kappa shape index (κ1) is 24.6. The maximum absolute atomic E-state index is 5.77. The summed E-state index contributed by atoms with van der Waals surface area (Å²) in [6.07, 6.45) is 6.86. The lowest BCUT2D eigenvalue weighted by Crippen LogP contribution is -2.52. The van der Waals surface area contributed by atoms with Gasteiger partial charge >= 0.3 is 0 Å². The number of tetrazole rings is 1. The molecule has 0 amide bonds. The van der Waals surface area contributed by atoms with E-state index in [1.165, 1.54) is 37.7 Å². The van der Waals surface area contributed by atoms with Crippen LogP contribution in [0.4, 0.5) is 0 Å². The van der Waals surface area contributed by atoms with Crippen molar-refractivity contribution in [3.63, 3.8) is 0 Å². The molecule has 1 aliphatic heterocycles. The molecule has 1 aromatic heterocycles. The molecule has 5 rings (SSSR count). The molecule has 1 unspecified atom stereocenters. The first-order chi connectivity index (χ1) is 16.3. The van der Waals surface area contributed by atoms with Gasteiger partial charge < -0.3 is 4.74 Å². The maximum atomic E-state index is 5.77. The van der Waals surface area contributed by atoms with Crippen LogP contribution in [0.2, 0.25) is 0 Å². The minimum absolute atomic E-state index is 0. The fraction of sp³-hybridized carbons (Fsp3) is 0.500. The summed E-state index contributed by atoms with van der Waals surface area (Å²) in [5.74, 6) is 1.75. The third-order valence-electron chi connectivity index (χ3n) is 7.22. The summed E-state index contributed by atoms with van der Waals surface area (Å²) >= 11 is 0. The van der Waals surface area contributed by atoms with Crippen LogP contribution in [0.5, 0.6) is 5.75 Å². The molecule has 3 aromatic rings. The molecule has 2 fully saturated rings. The van der Waals surface area contributed by atoms with Gasteiger partial charge in [0.2, 0.25) is 0 Å². The minimum Gasteiger partial charge on any atom is -0.496 e. The summed E-state index contributed by atoms with van der Waals surface area (Å²) in [5.41, 5.74) is 2.31. The van der Waals surface area contributed by atoms with E-state index in [9.17, 15) is 0 Å². The van der Waals surface area contributed by atoms with Crippen LogP contribution in [0, 0.1) is 0 Å². The smallest absolute Gasteiger partial charge is 0.173 e. The van der Waals surface area contributed by atoms with Crippen molar-refractivity contribution in [2.45, 2.75) is 50.7 Å². The van der Waals surface area contributed by atoms with Crippen molar-refractivity contribution in [3.8, 4) is 5.75 Å². The summed E-state index contributed by atoms with van der Waals surface area (Å²) in [5, 5.41) is 13.0. The molecular weight excluding hydrogens is 448 g/mol. The Hall–Kier alpha value is -2.48. The van der Waals surface area contributed by atoms with Crippen LogP contribution in [0.1, 0.15) is 55.1 Å². The van der Waals surface area contributed by atoms with Crippen molar-refractivity contribution >= 4 is 12.4 Å². The number of benzene rings is 2. The lowest BCUT2D eigenvalue weighted by Gasteiger charge is -2.43. The molecule has 0 N–H and O–H groups in total. The normalized spacial score (nSPS) is 18.9. The van der Waals surface area contributed by atoms with Gasteiger partial charge in [0.15, 0.2) is 5.82 Å². The Kier molecular flexibility index (Phi) is 8.53. The van der Waals surface area contributed by atoms with Gasteiger partial charge in [-0.25, -0.2) is 4.68 Å². The van der Waals surface area contributed by atoms with Crippen molar-refractivity contribution in [1.29, 1.82) is 0 Å². The van der Waals surface area contributed by atoms with Gasteiger partial charge in [0.25, 0.3) is 0 Å². The quantitative estimate of drug-likeness (QED) is 0.503. The minimum atomic E-state index is -0.0478. The molecule has 2 aliphatic rings. The van der Waals surface area contributed by atoms with Crippen LogP contribution < -0.4 is 4.74 Å². The van der Waals surface area contributed by atoms with Gasteiger partial charge in [-0.1, -0.05) is 67.8 Å². The van der Waals surface area contributed by atoms with Gasteiger partial charge in [-0.2, -0.15) is 0 Å². The monoisotopic (exact) mass is 482 g/mol. The molecule has 1 atom stereocenters.